The van der Waals surface area contributed by atoms with Gasteiger partial charge in [0, 0.05) is 37.9 Å². The van der Waals surface area contributed by atoms with Gasteiger partial charge >= 0.3 is 0 Å². The van der Waals surface area contributed by atoms with Crippen molar-refractivity contribution in [3.05, 3.63) is 30.1 Å². The molecule has 2 heterocycles. The van der Waals surface area contributed by atoms with E-state index in [9.17, 15) is 0 Å². The summed E-state index contributed by atoms with van der Waals surface area (Å²) in [5, 5.41) is 3.45. The summed E-state index contributed by atoms with van der Waals surface area (Å²) >= 11 is 0. The lowest BCUT2D eigenvalue weighted by atomic mass is 9.98. The molecule has 0 amide bonds. The maximum atomic E-state index is 5.50. The topological polar surface area (TPSA) is 37.4 Å². The number of likely N-dealkylation sites (N-methyl/N-ethyl adjacent to an activating group) is 2. The maximum Gasteiger partial charge on any atom is 0.0543 e. The van der Waals surface area contributed by atoms with Crippen molar-refractivity contribution in [2.75, 3.05) is 33.4 Å². The monoisotopic (exact) mass is 263 g/mol. The van der Waals surface area contributed by atoms with Gasteiger partial charge in [-0.25, -0.2) is 0 Å². The Hall–Kier alpha value is -0.970. The van der Waals surface area contributed by atoms with E-state index in [1.165, 1.54) is 6.42 Å². The average molecular weight is 263 g/mol. The summed E-state index contributed by atoms with van der Waals surface area (Å²) in [7, 11) is 2.05. The minimum atomic E-state index is 0.506. The van der Waals surface area contributed by atoms with Crippen LogP contribution in [-0.4, -0.2) is 49.3 Å². The third kappa shape index (κ3) is 4.27. The standard InChI is InChI=1S/C15H25N3O/c1-3-18(10-14-6-4-5-8-17-14)11-15(16-2)13-7-9-19-12-13/h4-6,8,13,15-16H,3,7,9-12H2,1-2H3. The first-order chi connectivity index (χ1) is 9.33. The van der Waals surface area contributed by atoms with E-state index in [1.807, 2.05) is 12.3 Å². The van der Waals surface area contributed by atoms with Crippen LogP contribution in [0, 0.1) is 5.92 Å². The molecule has 2 unspecified atom stereocenters. The molecule has 4 nitrogen and oxygen atoms in total. The van der Waals surface area contributed by atoms with Crippen LogP contribution in [-0.2, 0) is 11.3 Å². The first-order valence-corrected chi connectivity index (χ1v) is 7.20. The van der Waals surface area contributed by atoms with Gasteiger partial charge in [0.2, 0.25) is 0 Å². The van der Waals surface area contributed by atoms with Crippen molar-refractivity contribution < 1.29 is 4.74 Å². The van der Waals surface area contributed by atoms with Crippen molar-refractivity contribution in [1.29, 1.82) is 0 Å². The molecule has 2 atom stereocenters. The van der Waals surface area contributed by atoms with Crippen LogP contribution in [0.3, 0.4) is 0 Å². The molecule has 0 aliphatic carbocycles. The molecular formula is C15H25N3O. The van der Waals surface area contributed by atoms with E-state index < -0.39 is 0 Å². The fourth-order valence-electron chi connectivity index (χ4n) is 2.65. The second kappa shape index (κ2) is 7.58. The molecule has 1 N–H and O–H groups in total. The number of pyridine rings is 1. The Labute approximate surface area is 116 Å². The fourth-order valence-corrected chi connectivity index (χ4v) is 2.65. The third-order valence-electron chi connectivity index (χ3n) is 3.92. The second-order valence-electron chi connectivity index (χ2n) is 5.17. The van der Waals surface area contributed by atoms with Crippen LogP contribution in [0.1, 0.15) is 19.0 Å². The van der Waals surface area contributed by atoms with Gasteiger partial charge in [0.05, 0.1) is 12.3 Å². The van der Waals surface area contributed by atoms with Crippen LogP contribution in [0.4, 0.5) is 0 Å². The molecule has 1 saturated heterocycles. The Bertz CT molecular complexity index is 352. The molecule has 1 aromatic heterocycles. The molecule has 0 radical (unpaired) electrons. The van der Waals surface area contributed by atoms with E-state index in [0.29, 0.717) is 12.0 Å². The van der Waals surface area contributed by atoms with Gasteiger partial charge in [0.25, 0.3) is 0 Å². The summed E-state index contributed by atoms with van der Waals surface area (Å²) in [6.07, 6.45) is 3.04. The summed E-state index contributed by atoms with van der Waals surface area (Å²) in [5.41, 5.74) is 1.14. The molecular weight excluding hydrogens is 238 g/mol. The first kappa shape index (κ1) is 14.4. The average Bonchev–Trinajstić information content (AvgIpc) is 2.98. The van der Waals surface area contributed by atoms with E-state index in [-0.39, 0.29) is 0 Å². The number of nitrogens with one attached hydrogen (secondary N) is 1. The maximum absolute atomic E-state index is 5.50. The number of rotatable bonds is 7. The predicted molar refractivity (Wildman–Crippen MR) is 77.0 cm³/mol. The smallest absolute Gasteiger partial charge is 0.0543 e. The zero-order valence-electron chi connectivity index (χ0n) is 12.0. The Balaban J connectivity index is 1.89. The number of aromatic nitrogens is 1. The summed E-state index contributed by atoms with van der Waals surface area (Å²) < 4.78 is 5.50. The van der Waals surface area contributed by atoms with Gasteiger partial charge < -0.3 is 10.1 Å². The molecule has 19 heavy (non-hydrogen) atoms. The first-order valence-electron chi connectivity index (χ1n) is 7.20. The second-order valence-corrected chi connectivity index (χ2v) is 5.17. The van der Waals surface area contributed by atoms with Crippen LogP contribution in [0.25, 0.3) is 0 Å². The Morgan fingerprint density at radius 2 is 2.42 bits per heavy atom. The van der Waals surface area contributed by atoms with E-state index in [0.717, 1.165) is 38.5 Å². The van der Waals surface area contributed by atoms with Crippen LogP contribution in [0.2, 0.25) is 0 Å². The van der Waals surface area contributed by atoms with Crippen molar-refractivity contribution >= 4 is 0 Å². The molecule has 1 aliphatic heterocycles. The molecule has 0 spiro atoms. The lowest BCUT2D eigenvalue weighted by molar-refractivity contribution is 0.162. The Morgan fingerprint density at radius 1 is 1.53 bits per heavy atom. The summed E-state index contributed by atoms with van der Waals surface area (Å²) in [4.78, 5) is 6.86. The number of hydrogen-bond donors (Lipinski definition) is 1. The molecule has 0 aromatic carbocycles. The van der Waals surface area contributed by atoms with Crippen LogP contribution >= 0.6 is 0 Å². The number of ether oxygens (including phenoxy) is 1. The van der Waals surface area contributed by atoms with Gasteiger partial charge in [-0.2, -0.15) is 0 Å². The Morgan fingerprint density at radius 3 is 3.00 bits per heavy atom. The van der Waals surface area contributed by atoms with E-state index in [4.69, 9.17) is 4.74 Å². The predicted octanol–water partition coefficient (Wildman–Crippen LogP) is 1.53. The van der Waals surface area contributed by atoms with Gasteiger partial charge in [0.1, 0.15) is 0 Å². The number of hydrogen-bond acceptors (Lipinski definition) is 4. The van der Waals surface area contributed by atoms with E-state index >= 15 is 0 Å². The van der Waals surface area contributed by atoms with E-state index in [2.05, 4.69) is 41.3 Å². The lowest BCUT2D eigenvalue weighted by Gasteiger charge is -2.29. The lowest BCUT2D eigenvalue weighted by Crippen LogP contribution is -2.44. The van der Waals surface area contributed by atoms with Crippen molar-refractivity contribution in [3.63, 3.8) is 0 Å². The molecule has 1 aliphatic rings. The van der Waals surface area contributed by atoms with Crippen LogP contribution in [0.15, 0.2) is 24.4 Å². The molecule has 1 aromatic rings. The highest BCUT2D eigenvalue weighted by Gasteiger charge is 2.25. The summed E-state index contributed by atoms with van der Waals surface area (Å²) in [5.74, 6) is 0.641. The molecule has 0 saturated carbocycles. The highest BCUT2D eigenvalue weighted by atomic mass is 16.5. The van der Waals surface area contributed by atoms with Crippen LogP contribution in [0.5, 0.6) is 0 Å². The zero-order valence-corrected chi connectivity index (χ0v) is 12.0. The molecule has 2 rings (SSSR count). The molecule has 4 heteroatoms. The normalized spacial score (nSPS) is 20.9. The van der Waals surface area contributed by atoms with Gasteiger partial charge in [-0.15, -0.1) is 0 Å². The van der Waals surface area contributed by atoms with Gasteiger partial charge in [-0.3, -0.25) is 9.88 Å². The minimum absolute atomic E-state index is 0.506. The highest BCUT2D eigenvalue weighted by Crippen LogP contribution is 2.18. The van der Waals surface area contributed by atoms with Crippen LogP contribution < -0.4 is 5.32 Å². The summed E-state index contributed by atoms with van der Waals surface area (Å²) in [6, 6.07) is 6.62. The van der Waals surface area contributed by atoms with Crippen molar-refractivity contribution in [1.82, 2.24) is 15.2 Å². The SMILES string of the molecule is CCN(Cc1ccccn1)CC(NC)C1CCOC1. The third-order valence-corrected chi connectivity index (χ3v) is 3.92. The van der Waals surface area contributed by atoms with Crippen molar-refractivity contribution in [2.24, 2.45) is 5.92 Å². The van der Waals surface area contributed by atoms with Crippen molar-refractivity contribution in [3.8, 4) is 0 Å². The fraction of sp³-hybridized carbons (Fsp3) is 0.667. The summed E-state index contributed by atoms with van der Waals surface area (Å²) in [6.45, 7) is 7.03. The Kier molecular flexibility index (Phi) is 5.76. The molecule has 1 fully saturated rings. The van der Waals surface area contributed by atoms with Gasteiger partial charge in [-0.1, -0.05) is 13.0 Å². The molecule has 106 valence electrons. The molecule has 0 bridgehead atoms. The van der Waals surface area contributed by atoms with Crippen molar-refractivity contribution in [2.45, 2.75) is 25.9 Å². The number of nitrogens with zero attached hydrogens (tertiary/aromatic N) is 2. The van der Waals surface area contributed by atoms with E-state index in [1.54, 1.807) is 0 Å². The van der Waals surface area contributed by atoms with Gasteiger partial charge in [-0.05, 0) is 32.1 Å². The minimum Gasteiger partial charge on any atom is -0.381 e. The highest BCUT2D eigenvalue weighted by molar-refractivity contribution is 5.03. The quantitative estimate of drug-likeness (QED) is 0.809. The zero-order chi connectivity index (χ0) is 13.5. The van der Waals surface area contributed by atoms with Gasteiger partial charge in [0.15, 0.2) is 0 Å². The largest absolute Gasteiger partial charge is 0.381 e.